The number of carbonyl (C=O) groups excluding carboxylic acids is 2. The Labute approximate surface area is 193 Å². The molecule has 0 spiro atoms. The summed E-state index contributed by atoms with van der Waals surface area (Å²) in [5.41, 5.74) is 0.751. The van der Waals surface area contributed by atoms with Crippen molar-refractivity contribution in [2.75, 3.05) is 31.3 Å². The van der Waals surface area contributed by atoms with E-state index in [4.69, 9.17) is 14.2 Å². The molecule has 0 aliphatic heterocycles. The molecule has 1 amide bonds. The number of allylic oxidation sites excluding steroid dienone is 1. The van der Waals surface area contributed by atoms with Crippen molar-refractivity contribution in [3.63, 3.8) is 0 Å². The molecule has 0 saturated carbocycles. The van der Waals surface area contributed by atoms with E-state index in [1.54, 1.807) is 37.4 Å². The van der Waals surface area contributed by atoms with Gasteiger partial charge in [0, 0.05) is 18.9 Å². The van der Waals surface area contributed by atoms with E-state index in [9.17, 15) is 9.59 Å². The number of ether oxygens (including phenoxy) is 3. The quantitative estimate of drug-likeness (QED) is 0.207. The van der Waals surface area contributed by atoms with Crippen molar-refractivity contribution in [3.8, 4) is 5.75 Å². The number of amides is 1. The molecule has 1 aromatic carbocycles. The number of carbonyl (C=O) groups is 2. The number of esters is 1. The molecule has 0 radical (unpaired) electrons. The molecular weight excluding hydrogens is 406 g/mol. The number of nitrogens with zero attached hydrogens (tertiary/aromatic N) is 1. The van der Waals surface area contributed by atoms with Gasteiger partial charge in [-0.2, -0.15) is 0 Å². The summed E-state index contributed by atoms with van der Waals surface area (Å²) in [6, 6.07) is 5.10. The monoisotopic (exact) mass is 447 g/mol. The largest absolute Gasteiger partial charge is 0.494 e. The maximum absolute atomic E-state index is 13.0. The van der Waals surface area contributed by atoms with E-state index in [-0.39, 0.29) is 19.1 Å². The van der Waals surface area contributed by atoms with Gasteiger partial charge in [-0.25, -0.2) is 4.79 Å². The van der Waals surface area contributed by atoms with Crippen molar-refractivity contribution in [1.29, 1.82) is 0 Å². The standard InChI is InChI=1S/C26H41NO5/c1-5-9-11-12-13-14-18-30-21-25(28)27(17-7-3)24-20-22(32-19-10-6-2)15-16-23(24)26(29)31-8-4/h7,15-17,20H,5-6,8-14,18-19,21H2,1-4H3/b17-7-. The Morgan fingerprint density at radius 2 is 1.66 bits per heavy atom. The first-order valence-electron chi connectivity index (χ1n) is 12.1. The second kappa shape index (κ2) is 17.2. The van der Waals surface area contributed by atoms with E-state index < -0.39 is 5.97 Å². The Morgan fingerprint density at radius 3 is 2.34 bits per heavy atom. The molecule has 0 heterocycles. The Hall–Kier alpha value is -2.34. The first kappa shape index (κ1) is 27.7. The third-order valence-electron chi connectivity index (χ3n) is 4.93. The first-order valence-corrected chi connectivity index (χ1v) is 12.1. The van der Waals surface area contributed by atoms with Crippen LogP contribution in [0.2, 0.25) is 0 Å². The average molecular weight is 448 g/mol. The molecule has 0 saturated heterocycles. The maximum Gasteiger partial charge on any atom is 0.340 e. The zero-order valence-corrected chi connectivity index (χ0v) is 20.4. The minimum absolute atomic E-state index is 0.0531. The lowest BCUT2D eigenvalue weighted by atomic mass is 10.1. The van der Waals surface area contributed by atoms with Crippen molar-refractivity contribution in [2.24, 2.45) is 0 Å². The van der Waals surface area contributed by atoms with E-state index in [2.05, 4.69) is 13.8 Å². The fourth-order valence-corrected chi connectivity index (χ4v) is 3.18. The normalized spacial score (nSPS) is 11.0. The zero-order chi connectivity index (χ0) is 23.6. The van der Waals surface area contributed by atoms with Gasteiger partial charge in [0.1, 0.15) is 12.4 Å². The lowest BCUT2D eigenvalue weighted by molar-refractivity contribution is -0.122. The van der Waals surface area contributed by atoms with Gasteiger partial charge in [0.15, 0.2) is 0 Å². The molecule has 32 heavy (non-hydrogen) atoms. The van der Waals surface area contributed by atoms with Crippen molar-refractivity contribution < 1.29 is 23.8 Å². The topological polar surface area (TPSA) is 65.1 Å². The Bertz CT molecular complexity index is 701. The summed E-state index contributed by atoms with van der Waals surface area (Å²) in [6.45, 7) is 9.20. The van der Waals surface area contributed by atoms with Crippen LogP contribution in [-0.4, -0.2) is 38.3 Å². The lowest BCUT2D eigenvalue weighted by Crippen LogP contribution is -2.31. The van der Waals surface area contributed by atoms with Crippen molar-refractivity contribution in [2.45, 2.75) is 79.1 Å². The number of hydrogen-bond acceptors (Lipinski definition) is 5. The van der Waals surface area contributed by atoms with Gasteiger partial charge in [0.25, 0.3) is 5.91 Å². The van der Waals surface area contributed by atoms with E-state index in [0.29, 0.717) is 30.2 Å². The third-order valence-corrected chi connectivity index (χ3v) is 4.93. The van der Waals surface area contributed by atoms with Gasteiger partial charge in [-0.05, 0) is 38.8 Å². The molecule has 0 unspecified atom stereocenters. The molecule has 0 N–H and O–H groups in total. The summed E-state index contributed by atoms with van der Waals surface area (Å²) in [5.74, 6) is -0.111. The van der Waals surface area contributed by atoms with Crippen LogP contribution in [0, 0.1) is 0 Å². The maximum atomic E-state index is 13.0. The van der Waals surface area contributed by atoms with Crippen LogP contribution in [0.5, 0.6) is 5.75 Å². The summed E-state index contributed by atoms with van der Waals surface area (Å²) in [7, 11) is 0. The average Bonchev–Trinajstić information content (AvgIpc) is 2.79. The van der Waals surface area contributed by atoms with Crippen LogP contribution in [0.4, 0.5) is 5.69 Å². The number of anilines is 1. The molecule has 180 valence electrons. The van der Waals surface area contributed by atoms with Crippen LogP contribution in [-0.2, 0) is 14.3 Å². The Balaban J connectivity index is 2.88. The number of rotatable bonds is 17. The minimum atomic E-state index is -0.474. The number of benzene rings is 1. The Kier molecular flexibility index (Phi) is 14.9. The summed E-state index contributed by atoms with van der Waals surface area (Å²) in [6.07, 6.45) is 12.3. The highest BCUT2D eigenvalue weighted by molar-refractivity contribution is 6.04. The van der Waals surface area contributed by atoms with Gasteiger partial charge < -0.3 is 14.2 Å². The number of unbranched alkanes of at least 4 members (excludes halogenated alkanes) is 6. The van der Waals surface area contributed by atoms with Crippen LogP contribution < -0.4 is 9.64 Å². The van der Waals surface area contributed by atoms with E-state index in [1.165, 1.54) is 30.6 Å². The van der Waals surface area contributed by atoms with Gasteiger partial charge in [-0.3, -0.25) is 9.69 Å². The minimum Gasteiger partial charge on any atom is -0.494 e. The molecule has 1 aromatic rings. The fraction of sp³-hybridized carbons (Fsp3) is 0.615. The summed E-state index contributed by atoms with van der Waals surface area (Å²) in [5, 5.41) is 0. The smallest absolute Gasteiger partial charge is 0.340 e. The zero-order valence-electron chi connectivity index (χ0n) is 20.4. The molecule has 0 bridgehead atoms. The van der Waals surface area contributed by atoms with Crippen molar-refractivity contribution >= 4 is 17.6 Å². The molecule has 0 aliphatic rings. The second-order valence-electron chi connectivity index (χ2n) is 7.67. The van der Waals surface area contributed by atoms with Gasteiger partial charge in [-0.1, -0.05) is 58.4 Å². The molecule has 0 atom stereocenters. The van der Waals surface area contributed by atoms with Crippen LogP contribution in [0.3, 0.4) is 0 Å². The van der Waals surface area contributed by atoms with Gasteiger partial charge >= 0.3 is 5.97 Å². The second-order valence-corrected chi connectivity index (χ2v) is 7.67. The molecule has 6 heteroatoms. The van der Waals surface area contributed by atoms with E-state index in [1.807, 2.05) is 6.92 Å². The lowest BCUT2D eigenvalue weighted by Gasteiger charge is -2.22. The number of hydrogen-bond donors (Lipinski definition) is 0. The molecule has 1 rings (SSSR count). The summed E-state index contributed by atoms with van der Waals surface area (Å²) >= 11 is 0. The van der Waals surface area contributed by atoms with E-state index >= 15 is 0 Å². The highest BCUT2D eigenvalue weighted by atomic mass is 16.5. The SMILES string of the molecule is C/C=C\N(C(=O)COCCCCCCCC)c1cc(OCCCC)ccc1C(=O)OCC. The Morgan fingerprint density at radius 1 is 0.938 bits per heavy atom. The van der Waals surface area contributed by atoms with Crippen LogP contribution in [0.25, 0.3) is 0 Å². The highest BCUT2D eigenvalue weighted by Crippen LogP contribution is 2.28. The molecule has 0 aliphatic carbocycles. The summed E-state index contributed by atoms with van der Waals surface area (Å²) < 4.78 is 16.6. The van der Waals surface area contributed by atoms with Crippen LogP contribution in [0.15, 0.2) is 30.5 Å². The predicted molar refractivity (Wildman–Crippen MR) is 129 cm³/mol. The molecule has 0 aromatic heterocycles. The summed E-state index contributed by atoms with van der Waals surface area (Å²) in [4.78, 5) is 26.9. The predicted octanol–water partition coefficient (Wildman–Crippen LogP) is 6.29. The third kappa shape index (κ3) is 10.3. The van der Waals surface area contributed by atoms with Gasteiger partial charge in [0.05, 0.1) is 24.5 Å². The van der Waals surface area contributed by atoms with E-state index in [0.717, 1.165) is 25.7 Å². The van der Waals surface area contributed by atoms with Crippen LogP contribution in [0.1, 0.15) is 89.4 Å². The highest BCUT2D eigenvalue weighted by Gasteiger charge is 2.22. The molecule has 0 fully saturated rings. The van der Waals surface area contributed by atoms with Gasteiger partial charge in [0.2, 0.25) is 0 Å². The van der Waals surface area contributed by atoms with Crippen LogP contribution >= 0.6 is 0 Å². The molecular formula is C26H41NO5. The fourth-order valence-electron chi connectivity index (χ4n) is 3.18. The molecule has 6 nitrogen and oxygen atoms in total. The van der Waals surface area contributed by atoms with Crippen molar-refractivity contribution in [1.82, 2.24) is 0 Å². The van der Waals surface area contributed by atoms with Crippen molar-refractivity contribution in [3.05, 3.63) is 36.0 Å². The van der Waals surface area contributed by atoms with Gasteiger partial charge in [-0.15, -0.1) is 0 Å². The first-order chi connectivity index (χ1) is 15.6.